The summed E-state index contributed by atoms with van der Waals surface area (Å²) < 4.78 is 8.78. The quantitative estimate of drug-likeness (QED) is 0.158. The molecule has 4 nitrogen and oxygen atoms in total. The van der Waals surface area contributed by atoms with E-state index in [0.717, 1.165) is 22.1 Å². The first kappa shape index (κ1) is 26.8. The molecule has 1 aromatic heterocycles. The van der Waals surface area contributed by atoms with E-state index in [1.807, 2.05) is 31.2 Å². The minimum atomic E-state index is -0.424. The second-order valence-corrected chi connectivity index (χ2v) is 12.2. The topological polar surface area (TPSA) is 44.1 Å². The Labute approximate surface area is 235 Å². The van der Waals surface area contributed by atoms with Gasteiger partial charge in [-0.05, 0) is 55.0 Å². The zero-order valence-electron chi connectivity index (χ0n) is 20.3. The van der Waals surface area contributed by atoms with Crippen LogP contribution in [0.15, 0.2) is 42.5 Å². The molecule has 0 spiro atoms. The molecule has 1 saturated carbocycles. The van der Waals surface area contributed by atoms with E-state index in [1.54, 1.807) is 22.9 Å². The molecular formula is C27H28Cl3IN2O2. The molecule has 1 heterocycles. The van der Waals surface area contributed by atoms with Crippen LogP contribution in [0.3, 0.4) is 0 Å². The summed E-state index contributed by atoms with van der Waals surface area (Å²) in [5.74, 6) is 0.00347. The third kappa shape index (κ3) is 4.62. The molecule has 0 radical (unpaired) electrons. The lowest BCUT2D eigenvalue weighted by molar-refractivity contribution is -0.0170. The largest absolute Gasteiger partial charge is 0.457 e. The van der Waals surface area contributed by atoms with Crippen LogP contribution < -0.4 is 0 Å². The maximum atomic E-state index is 13.6. The van der Waals surface area contributed by atoms with Crippen LogP contribution in [0.4, 0.5) is 0 Å². The van der Waals surface area contributed by atoms with Crippen molar-refractivity contribution < 1.29 is 9.53 Å². The molecule has 0 amide bonds. The summed E-state index contributed by atoms with van der Waals surface area (Å²) in [7, 11) is 0. The molecule has 2 aromatic carbocycles. The molecule has 0 bridgehead atoms. The number of benzene rings is 2. The standard InChI is InChI=1S/C27H28Cl3IN2O2/c1-15-12-22(27(5,14-31)26(15,3)4)35-25(34)23-16(2)24(17-6-8-18(28)9-7-17)33(32-23)21-11-10-19(29)13-20(21)30/h6-11,13,15,22H,12,14H2,1-5H3/t15-,22+,27+/m1/s1. The average molecular weight is 646 g/mol. The van der Waals surface area contributed by atoms with Crippen molar-refractivity contribution in [2.75, 3.05) is 4.43 Å². The molecule has 3 atom stereocenters. The molecule has 8 heteroatoms. The molecule has 3 aromatic rings. The van der Waals surface area contributed by atoms with Crippen molar-refractivity contribution in [2.45, 2.75) is 47.1 Å². The number of carbonyl (C=O) groups is 1. The second-order valence-electron chi connectivity index (χ2n) is 10.1. The molecule has 0 saturated heterocycles. The Morgan fingerprint density at radius 1 is 1.11 bits per heavy atom. The minimum absolute atomic E-state index is 0.0405. The number of hydrogen-bond acceptors (Lipinski definition) is 3. The lowest BCUT2D eigenvalue weighted by Gasteiger charge is -2.42. The molecule has 186 valence electrons. The minimum Gasteiger partial charge on any atom is -0.457 e. The number of hydrogen-bond donors (Lipinski definition) is 0. The van der Waals surface area contributed by atoms with Crippen LogP contribution in [-0.2, 0) is 4.74 Å². The smallest absolute Gasteiger partial charge is 0.359 e. The Hall–Kier alpha value is -1.28. The van der Waals surface area contributed by atoms with Gasteiger partial charge in [0.05, 0.1) is 16.4 Å². The van der Waals surface area contributed by atoms with E-state index in [2.05, 4.69) is 50.3 Å². The van der Waals surface area contributed by atoms with Crippen molar-refractivity contribution in [3.8, 4) is 16.9 Å². The summed E-state index contributed by atoms with van der Waals surface area (Å²) in [4.78, 5) is 13.6. The van der Waals surface area contributed by atoms with E-state index < -0.39 is 5.97 Å². The molecule has 1 fully saturated rings. The third-order valence-corrected chi connectivity index (χ3v) is 10.5. The van der Waals surface area contributed by atoms with Gasteiger partial charge in [0.2, 0.25) is 0 Å². The third-order valence-electron chi connectivity index (χ3n) is 8.08. The first-order valence-corrected chi connectivity index (χ1v) is 14.1. The Balaban J connectivity index is 1.80. The van der Waals surface area contributed by atoms with Crippen LogP contribution in [0.25, 0.3) is 16.9 Å². The maximum Gasteiger partial charge on any atom is 0.359 e. The summed E-state index contributed by atoms with van der Waals surface area (Å²) in [5.41, 5.74) is 3.11. The number of ether oxygens (including phenoxy) is 1. The highest BCUT2D eigenvalue weighted by Gasteiger charge is 2.57. The van der Waals surface area contributed by atoms with Gasteiger partial charge in [-0.2, -0.15) is 5.10 Å². The van der Waals surface area contributed by atoms with Gasteiger partial charge in [0.15, 0.2) is 5.69 Å². The number of alkyl halides is 1. The number of aromatic nitrogens is 2. The summed E-state index contributed by atoms with van der Waals surface area (Å²) in [5, 5.41) is 6.29. The number of halogens is 4. The highest BCUT2D eigenvalue weighted by Crippen LogP contribution is 2.57. The van der Waals surface area contributed by atoms with E-state index in [-0.39, 0.29) is 22.6 Å². The Morgan fingerprint density at radius 3 is 2.34 bits per heavy atom. The number of rotatable bonds is 5. The Kier molecular flexibility index (Phi) is 7.56. The molecular weight excluding hydrogens is 618 g/mol. The predicted octanol–water partition coefficient (Wildman–Crippen LogP) is 8.84. The van der Waals surface area contributed by atoms with E-state index in [1.165, 1.54) is 0 Å². The molecule has 1 aliphatic carbocycles. The molecule has 35 heavy (non-hydrogen) atoms. The number of carbonyl (C=O) groups excluding carboxylic acids is 1. The van der Waals surface area contributed by atoms with Gasteiger partial charge in [0.25, 0.3) is 0 Å². The normalized spacial score (nSPS) is 23.5. The van der Waals surface area contributed by atoms with E-state index in [4.69, 9.17) is 44.6 Å². The fraction of sp³-hybridized carbons (Fsp3) is 0.407. The SMILES string of the molecule is Cc1c(C(=O)O[C@H]2C[C@@H](C)C(C)(C)[C@@]2(C)CI)nn(-c2ccc(Cl)cc2Cl)c1-c1ccc(Cl)cc1. The lowest BCUT2D eigenvalue weighted by atomic mass is 9.67. The highest BCUT2D eigenvalue weighted by molar-refractivity contribution is 14.1. The molecule has 4 rings (SSSR count). The average Bonchev–Trinajstić information content (AvgIpc) is 3.22. The van der Waals surface area contributed by atoms with Crippen molar-refractivity contribution in [1.82, 2.24) is 9.78 Å². The van der Waals surface area contributed by atoms with Crippen molar-refractivity contribution >= 4 is 63.4 Å². The molecule has 0 unspecified atom stereocenters. The number of nitrogens with zero attached hydrogens (tertiary/aromatic N) is 2. The van der Waals surface area contributed by atoms with Gasteiger partial charge in [-0.25, -0.2) is 9.48 Å². The maximum absolute atomic E-state index is 13.6. The van der Waals surface area contributed by atoms with Gasteiger partial charge < -0.3 is 4.74 Å². The Morgan fingerprint density at radius 2 is 1.74 bits per heavy atom. The summed E-state index contributed by atoms with van der Waals surface area (Å²) >= 11 is 21.2. The zero-order chi connectivity index (χ0) is 25.7. The first-order chi connectivity index (χ1) is 16.4. The van der Waals surface area contributed by atoms with Crippen molar-refractivity contribution in [3.05, 3.63) is 68.8 Å². The Bertz CT molecular complexity index is 1270. The van der Waals surface area contributed by atoms with Crippen LogP contribution in [0, 0.1) is 23.7 Å². The van der Waals surface area contributed by atoms with Gasteiger partial charge in [-0.3, -0.25) is 0 Å². The van der Waals surface area contributed by atoms with Gasteiger partial charge in [-0.15, -0.1) is 0 Å². The van der Waals surface area contributed by atoms with Crippen LogP contribution >= 0.6 is 57.4 Å². The van der Waals surface area contributed by atoms with Crippen LogP contribution in [0.2, 0.25) is 15.1 Å². The molecule has 1 aliphatic rings. The summed E-state index contributed by atoms with van der Waals surface area (Å²) in [6.07, 6.45) is 0.630. The summed E-state index contributed by atoms with van der Waals surface area (Å²) in [6.45, 7) is 10.9. The van der Waals surface area contributed by atoms with Crippen molar-refractivity contribution in [3.63, 3.8) is 0 Å². The van der Waals surface area contributed by atoms with Crippen LogP contribution in [0.5, 0.6) is 0 Å². The van der Waals surface area contributed by atoms with Gasteiger partial charge in [0, 0.05) is 31.0 Å². The van der Waals surface area contributed by atoms with Crippen LogP contribution in [-0.4, -0.2) is 26.3 Å². The van der Waals surface area contributed by atoms with Gasteiger partial charge in [-0.1, -0.05) is 97.2 Å². The highest BCUT2D eigenvalue weighted by atomic mass is 127. The fourth-order valence-corrected chi connectivity index (χ4v) is 7.03. The predicted molar refractivity (Wildman–Crippen MR) is 153 cm³/mol. The van der Waals surface area contributed by atoms with E-state index >= 15 is 0 Å². The van der Waals surface area contributed by atoms with Crippen molar-refractivity contribution in [1.29, 1.82) is 0 Å². The number of esters is 1. The lowest BCUT2D eigenvalue weighted by Crippen LogP contribution is -2.42. The zero-order valence-corrected chi connectivity index (χ0v) is 24.8. The molecule has 0 N–H and O–H groups in total. The monoisotopic (exact) mass is 644 g/mol. The second kappa shape index (κ2) is 9.88. The van der Waals surface area contributed by atoms with Gasteiger partial charge in [0.1, 0.15) is 6.10 Å². The fourth-order valence-electron chi connectivity index (χ4n) is 4.94. The van der Waals surface area contributed by atoms with Gasteiger partial charge >= 0.3 is 5.97 Å². The van der Waals surface area contributed by atoms with E-state index in [9.17, 15) is 4.79 Å². The first-order valence-electron chi connectivity index (χ1n) is 11.5. The summed E-state index contributed by atoms with van der Waals surface area (Å²) in [6, 6.07) is 12.6. The van der Waals surface area contributed by atoms with Crippen LogP contribution in [0.1, 0.15) is 50.2 Å². The molecule has 0 aliphatic heterocycles. The van der Waals surface area contributed by atoms with E-state index in [0.29, 0.717) is 32.2 Å². The van der Waals surface area contributed by atoms with Crippen molar-refractivity contribution in [2.24, 2.45) is 16.7 Å².